The summed E-state index contributed by atoms with van der Waals surface area (Å²) in [6, 6.07) is -0.121. The smallest absolute Gasteiger partial charge is 0.302 e. The first-order chi connectivity index (χ1) is 21.0. The van der Waals surface area contributed by atoms with E-state index in [2.05, 4.69) is 32.6 Å². The Morgan fingerprint density at radius 2 is 1.64 bits per heavy atom. The first-order valence-corrected chi connectivity index (χ1v) is 17.8. The SMILES string of the molecule is CC(=O)O[C@H](C)C(C)OC1[C@H](C)C2(C)CCC34CC35CC[C@H](OC3CN(C(C)C(C)=O)CCO3)C(C)(C)[C@@H]5CCC4[C@]2(N)[C@H]1O. The summed E-state index contributed by atoms with van der Waals surface area (Å²) in [5.74, 6) is 0.694. The molecule has 14 atom stereocenters. The second-order valence-corrected chi connectivity index (χ2v) is 16.9. The molecule has 0 aromatic carbocycles. The van der Waals surface area contributed by atoms with E-state index in [1.54, 1.807) is 6.92 Å². The van der Waals surface area contributed by atoms with Crippen LogP contribution in [0.1, 0.15) is 107 Å². The highest BCUT2D eigenvalue weighted by Crippen LogP contribution is 2.87. The van der Waals surface area contributed by atoms with Gasteiger partial charge in [-0.05, 0) is 112 Å². The van der Waals surface area contributed by atoms with E-state index < -0.39 is 23.9 Å². The van der Waals surface area contributed by atoms with Gasteiger partial charge in [-0.3, -0.25) is 14.5 Å². The number of carbonyl (C=O) groups excluding carboxylic acids is 2. The second kappa shape index (κ2) is 11.2. The minimum Gasteiger partial charge on any atom is -0.460 e. The van der Waals surface area contributed by atoms with E-state index in [0.29, 0.717) is 19.1 Å². The van der Waals surface area contributed by atoms with Crippen molar-refractivity contribution >= 4 is 11.8 Å². The number of hydrogen-bond acceptors (Lipinski definition) is 9. The average Bonchev–Trinajstić information content (AvgIpc) is 3.62. The lowest BCUT2D eigenvalue weighted by atomic mass is 9.44. The van der Waals surface area contributed by atoms with Gasteiger partial charge in [-0.25, -0.2) is 0 Å². The number of fused-ring (bicyclic) bond motifs is 2. The van der Waals surface area contributed by atoms with Gasteiger partial charge in [0.25, 0.3) is 0 Å². The molecule has 6 rings (SSSR count). The van der Waals surface area contributed by atoms with E-state index in [9.17, 15) is 14.7 Å². The van der Waals surface area contributed by atoms with Crippen molar-refractivity contribution in [2.24, 2.45) is 45.1 Å². The number of ketones is 1. The maximum atomic E-state index is 12.2. The van der Waals surface area contributed by atoms with E-state index >= 15 is 0 Å². The van der Waals surface area contributed by atoms with Gasteiger partial charge in [0.1, 0.15) is 11.9 Å². The van der Waals surface area contributed by atoms with Crippen LogP contribution in [0.25, 0.3) is 0 Å². The molecule has 9 heteroatoms. The van der Waals surface area contributed by atoms with Gasteiger partial charge in [0.15, 0.2) is 6.29 Å². The summed E-state index contributed by atoms with van der Waals surface area (Å²) < 4.78 is 24.9. The van der Waals surface area contributed by atoms with Crippen LogP contribution in [0.4, 0.5) is 0 Å². The molecule has 1 aliphatic heterocycles. The third kappa shape index (κ3) is 4.75. The zero-order valence-electron chi connectivity index (χ0n) is 29.3. The highest BCUT2D eigenvalue weighted by Gasteiger charge is 2.84. The minimum absolute atomic E-state index is 0.0252. The molecule has 45 heavy (non-hydrogen) atoms. The number of aliphatic hydroxyl groups is 1. The Hall–Kier alpha value is -1.10. The van der Waals surface area contributed by atoms with Gasteiger partial charge in [-0.1, -0.05) is 27.7 Å². The molecule has 8 unspecified atom stereocenters. The predicted octanol–water partition coefficient (Wildman–Crippen LogP) is 4.46. The number of carbonyl (C=O) groups is 2. The summed E-state index contributed by atoms with van der Waals surface area (Å²) in [7, 11) is 0. The van der Waals surface area contributed by atoms with Crippen LogP contribution < -0.4 is 5.73 Å². The first kappa shape index (κ1) is 33.8. The molecule has 6 aliphatic rings. The molecule has 9 nitrogen and oxygen atoms in total. The number of hydrogen-bond donors (Lipinski definition) is 2. The summed E-state index contributed by atoms with van der Waals surface area (Å²) in [5.41, 5.74) is 7.00. The number of nitrogens with two attached hydrogens (primary N) is 1. The van der Waals surface area contributed by atoms with Crippen molar-refractivity contribution in [1.82, 2.24) is 4.90 Å². The molecule has 0 bridgehead atoms. The van der Waals surface area contributed by atoms with Gasteiger partial charge < -0.3 is 29.8 Å². The number of nitrogens with zero attached hydrogens (tertiary/aromatic N) is 1. The Labute approximate surface area is 270 Å². The zero-order chi connectivity index (χ0) is 32.9. The summed E-state index contributed by atoms with van der Waals surface area (Å²) in [6.45, 7) is 20.1. The molecule has 1 heterocycles. The van der Waals surface area contributed by atoms with Crippen LogP contribution in [0.3, 0.4) is 0 Å². The monoisotopic (exact) mass is 632 g/mol. The third-order valence-corrected chi connectivity index (χ3v) is 15.0. The fourth-order valence-electron chi connectivity index (χ4n) is 12.0. The number of esters is 1. The van der Waals surface area contributed by atoms with Gasteiger partial charge in [0.05, 0.1) is 49.1 Å². The van der Waals surface area contributed by atoms with Gasteiger partial charge in [-0.2, -0.15) is 0 Å². The van der Waals surface area contributed by atoms with Crippen molar-refractivity contribution in [2.75, 3.05) is 19.7 Å². The maximum Gasteiger partial charge on any atom is 0.302 e. The van der Waals surface area contributed by atoms with Crippen LogP contribution in [0.15, 0.2) is 0 Å². The number of morpholine rings is 1. The molecule has 6 fully saturated rings. The Balaban J connectivity index is 1.19. The van der Waals surface area contributed by atoms with Crippen molar-refractivity contribution in [3.05, 3.63) is 0 Å². The summed E-state index contributed by atoms with van der Waals surface area (Å²) >= 11 is 0. The lowest BCUT2D eigenvalue weighted by Crippen LogP contribution is -2.70. The molecule has 5 saturated carbocycles. The molecule has 0 aromatic rings. The Bertz CT molecular complexity index is 1180. The van der Waals surface area contributed by atoms with Crippen LogP contribution in [-0.2, 0) is 28.5 Å². The molecule has 3 N–H and O–H groups in total. The number of rotatable bonds is 8. The van der Waals surface area contributed by atoms with Gasteiger partial charge in [0.2, 0.25) is 0 Å². The molecule has 2 spiro atoms. The topological polar surface area (TPSA) is 121 Å². The number of aliphatic hydroxyl groups excluding tert-OH is 1. The highest BCUT2D eigenvalue weighted by atomic mass is 16.7. The van der Waals surface area contributed by atoms with E-state index in [4.69, 9.17) is 24.7 Å². The quantitative estimate of drug-likeness (QED) is 0.374. The van der Waals surface area contributed by atoms with Crippen LogP contribution in [0.2, 0.25) is 0 Å². The lowest BCUT2D eigenvalue weighted by molar-refractivity contribution is -0.247. The Morgan fingerprint density at radius 3 is 2.31 bits per heavy atom. The summed E-state index contributed by atoms with van der Waals surface area (Å²) in [5, 5.41) is 12.2. The summed E-state index contributed by atoms with van der Waals surface area (Å²) in [4.78, 5) is 25.8. The van der Waals surface area contributed by atoms with Crippen molar-refractivity contribution in [2.45, 2.75) is 156 Å². The molecule has 1 saturated heterocycles. The van der Waals surface area contributed by atoms with Crippen molar-refractivity contribution in [3.63, 3.8) is 0 Å². The van der Waals surface area contributed by atoms with Crippen LogP contribution >= 0.6 is 0 Å². The third-order valence-electron chi connectivity index (χ3n) is 15.0. The average molecular weight is 633 g/mol. The fraction of sp³-hybridized carbons (Fsp3) is 0.944. The molecular weight excluding hydrogens is 572 g/mol. The predicted molar refractivity (Wildman–Crippen MR) is 170 cm³/mol. The van der Waals surface area contributed by atoms with Crippen molar-refractivity contribution < 1.29 is 33.6 Å². The van der Waals surface area contributed by atoms with Crippen molar-refractivity contribution in [1.29, 1.82) is 0 Å². The van der Waals surface area contributed by atoms with E-state index in [-0.39, 0.29) is 69.8 Å². The zero-order valence-corrected chi connectivity index (χ0v) is 29.3. The molecule has 0 radical (unpaired) electrons. The van der Waals surface area contributed by atoms with E-state index in [1.807, 2.05) is 20.8 Å². The molecule has 0 amide bonds. The normalized spacial score (nSPS) is 49.0. The van der Waals surface area contributed by atoms with Crippen LogP contribution in [-0.4, -0.2) is 89.8 Å². The second-order valence-electron chi connectivity index (χ2n) is 16.9. The minimum atomic E-state index is -0.780. The van der Waals surface area contributed by atoms with E-state index in [1.165, 1.54) is 13.3 Å². The van der Waals surface area contributed by atoms with Crippen LogP contribution in [0, 0.1) is 39.4 Å². The maximum absolute atomic E-state index is 12.2. The van der Waals surface area contributed by atoms with Gasteiger partial charge in [-0.15, -0.1) is 0 Å². The molecule has 0 aromatic heterocycles. The molecular formula is C36H60N2O7. The highest BCUT2D eigenvalue weighted by molar-refractivity contribution is 5.80. The standard InChI is InChI=1S/C36H60N2O7/c1-20-30(44-24(5)23(4)43-25(6)40)31(41)36(37)27-11-10-26-32(7,8)28(45-29-18-38(16-17-42-29)21(2)22(3)39)12-13-34(26)19-35(27,34)15-14-33(20,36)9/h20-21,23-24,26-31,41H,10-19,37H2,1-9H3/t20-,21?,23+,24?,26-,27?,28-,29?,30?,31-,33?,34?,35?,36-/m0/s1. The Morgan fingerprint density at radius 1 is 0.978 bits per heavy atom. The van der Waals surface area contributed by atoms with Gasteiger partial charge >= 0.3 is 5.97 Å². The fourth-order valence-corrected chi connectivity index (χ4v) is 12.0. The van der Waals surface area contributed by atoms with Crippen molar-refractivity contribution in [3.8, 4) is 0 Å². The van der Waals surface area contributed by atoms with Crippen LogP contribution in [0.5, 0.6) is 0 Å². The lowest BCUT2D eigenvalue weighted by Gasteiger charge is -2.63. The van der Waals surface area contributed by atoms with Gasteiger partial charge in [0, 0.05) is 13.5 Å². The molecule has 256 valence electrons. The first-order valence-electron chi connectivity index (χ1n) is 17.8. The largest absolute Gasteiger partial charge is 0.460 e. The summed E-state index contributed by atoms with van der Waals surface area (Å²) in [6.07, 6.45) is 5.38. The Kier molecular flexibility index (Phi) is 8.43. The molecule has 5 aliphatic carbocycles. The number of Topliss-reactive ketones (excluding diaryl/α,β-unsaturated/α-hetero) is 1. The van der Waals surface area contributed by atoms with E-state index in [0.717, 1.165) is 45.1 Å². The number of ether oxygens (including phenoxy) is 4.